The summed E-state index contributed by atoms with van der Waals surface area (Å²) in [6.07, 6.45) is 1.65. The van der Waals surface area contributed by atoms with E-state index in [0.717, 1.165) is 0 Å². The van der Waals surface area contributed by atoms with Gasteiger partial charge in [-0.05, 0) is 50.2 Å². The summed E-state index contributed by atoms with van der Waals surface area (Å²) < 4.78 is 1.74. The number of para-hydroxylation sites is 1. The largest absolute Gasteiger partial charge is 0.323 e. The second-order valence-corrected chi connectivity index (χ2v) is 6.23. The van der Waals surface area contributed by atoms with Crippen molar-refractivity contribution in [3.05, 3.63) is 72.4 Å². The SMILES string of the molecule is CC(C)n1nccc1NC(=O)c1ccc(NC(=O)Nc2ccccc2)cc1. The molecule has 27 heavy (non-hydrogen) atoms. The van der Waals surface area contributed by atoms with Crippen molar-refractivity contribution in [1.82, 2.24) is 9.78 Å². The maximum atomic E-state index is 12.4. The minimum absolute atomic E-state index is 0.144. The van der Waals surface area contributed by atoms with Crippen molar-refractivity contribution in [3.8, 4) is 0 Å². The van der Waals surface area contributed by atoms with E-state index in [1.165, 1.54) is 0 Å². The molecule has 1 heterocycles. The summed E-state index contributed by atoms with van der Waals surface area (Å²) in [6, 6.07) is 17.4. The van der Waals surface area contributed by atoms with E-state index < -0.39 is 0 Å². The topological polar surface area (TPSA) is 88.1 Å². The molecule has 0 fully saturated rings. The number of carbonyl (C=O) groups is 2. The monoisotopic (exact) mass is 363 g/mol. The lowest BCUT2D eigenvalue weighted by Crippen LogP contribution is -2.19. The molecule has 0 bridgehead atoms. The molecule has 3 N–H and O–H groups in total. The Kier molecular flexibility index (Phi) is 5.51. The zero-order chi connectivity index (χ0) is 19.2. The molecule has 0 radical (unpaired) electrons. The average molecular weight is 363 g/mol. The molecule has 0 saturated heterocycles. The standard InChI is InChI=1S/C20H21N5O2/c1-14(2)25-18(12-13-21-25)24-19(26)15-8-10-17(11-9-15)23-20(27)22-16-6-4-3-5-7-16/h3-14H,1-2H3,(H,24,26)(H2,22,23,27). The molecule has 0 aliphatic heterocycles. The third kappa shape index (κ3) is 4.72. The highest BCUT2D eigenvalue weighted by atomic mass is 16.2. The van der Waals surface area contributed by atoms with Gasteiger partial charge in [0.15, 0.2) is 0 Å². The molecule has 1 aromatic heterocycles. The van der Waals surface area contributed by atoms with Crippen molar-refractivity contribution in [2.24, 2.45) is 0 Å². The van der Waals surface area contributed by atoms with Crippen molar-refractivity contribution in [3.63, 3.8) is 0 Å². The normalized spacial score (nSPS) is 10.5. The molecule has 3 aromatic rings. The van der Waals surface area contributed by atoms with Crippen molar-refractivity contribution < 1.29 is 9.59 Å². The third-order valence-electron chi connectivity index (χ3n) is 3.84. The van der Waals surface area contributed by atoms with Gasteiger partial charge in [-0.2, -0.15) is 5.10 Å². The predicted octanol–water partition coefficient (Wildman–Crippen LogP) is 4.36. The van der Waals surface area contributed by atoms with Crippen molar-refractivity contribution >= 4 is 29.1 Å². The summed E-state index contributed by atoms with van der Waals surface area (Å²) in [5.74, 6) is 0.400. The molecule has 138 valence electrons. The lowest BCUT2D eigenvalue weighted by molar-refractivity contribution is 0.102. The summed E-state index contributed by atoms with van der Waals surface area (Å²) in [4.78, 5) is 24.4. The molecule has 3 amide bonds. The number of nitrogens with zero attached hydrogens (tertiary/aromatic N) is 2. The van der Waals surface area contributed by atoms with Crippen LogP contribution in [0.5, 0.6) is 0 Å². The van der Waals surface area contributed by atoms with E-state index in [2.05, 4.69) is 21.0 Å². The minimum atomic E-state index is -0.348. The number of hydrogen-bond acceptors (Lipinski definition) is 3. The molecule has 0 atom stereocenters. The average Bonchev–Trinajstić information content (AvgIpc) is 3.11. The van der Waals surface area contributed by atoms with Crippen LogP contribution in [0.4, 0.5) is 22.0 Å². The molecule has 2 aromatic carbocycles. The summed E-state index contributed by atoms with van der Waals surface area (Å²) in [7, 11) is 0. The maximum absolute atomic E-state index is 12.4. The molecule has 0 spiro atoms. The van der Waals surface area contributed by atoms with Crippen LogP contribution >= 0.6 is 0 Å². The van der Waals surface area contributed by atoms with Crippen LogP contribution in [0.3, 0.4) is 0 Å². The van der Waals surface area contributed by atoms with E-state index in [4.69, 9.17) is 0 Å². The van der Waals surface area contributed by atoms with Gasteiger partial charge in [-0.15, -0.1) is 0 Å². The van der Waals surface area contributed by atoms with Gasteiger partial charge in [0.1, 0.15) is 5.82 Å². The van der Waals surface area contributed by atoms with Crippen LogP contribution in [-0.4, -0.2) is 21.7 Å². The number of benzene rings is 2. The number of amides is 3. The molecule has 0 saturated carbocycles. The third-order valence-corrected chi connectivity index (χ3v) is 3.84. The van der Waals surface area contributed by atoms with Crippen LogP contribution in [0.2, 0.25) is 0 Å². The highest BCUT2D eigenvalue weighted by molar-refractivity contribution is 6.04. The number of rotatable bonds is 5. The number of hydrogen-bond donors (Lipinski definition) is 3. The molecule has 0 aliphatic rings. The Morgan fingerprint density at radius 1 is 0.852 bits per heavy atom. The van der Waals surface area contributed by atoms with Gasteiger partial charge in [-0.25, -0.2) is 9.48 Å². The van der Waals surface area contributed by atoms with Crippen LogP contribution in [0.25, 0.3) is 0 Å². The van der Waals surface area contributed by atoms with Crippen LogP contribution in [0.15, 0.2) is 66.9 Å². The Bertz CT molecular complexity index is 917. The van der Waals surface area contributed by atoms with Crippen LogP contribution in [-0.2, 0) is 0 Å². The first-order valence-corrected chi connectivity index (χ1v) is 8.61. The van der Waals surface area contributed by atoms with Crippen LogP contribution in [0.1, 0.15) is 30.2 Å². The molecule has 7 nitrogen and oxygen atoms in total. The number of urea groups is 1. The molecular weight excluding hydrogens is 342 g/mol. The molecule has 0 aliphatic carbocycles. The fraction of sp³-hybridized carbons (Fsp3) is 0.150. The number of nitrogens with one attached hydrogen (secondary N) is 3. The summed E-state index contributed by atoms with van der Waals surface area (Å²) in [5, 5.41) is 12.5. The lowest BCUT2D eigenvalue weighted by Gasteiger charge is -2.12. The highest BCUT2D eigenvalue weighted by Crippen LogP contribution is 2.16. The quantitative estimate of drug-likeness (QED) is 0.629. The van der Waals surface area contributed by atoms with E-state index >= 15 is 0 Å². The van der Waals surface area contributed by atoms with E-state index in [1.807, 2.05) is 32.0 Å². The van der Waals surface area contributed by atoms with Gasteiger partial charge in [0.05, 0.1) is 6.20 Å². The first kappa shape index (κ1) is 18.2. The number of aromatic nitrogens is 2. The van der Waals surface area contributed by atoms with Gasteiger partial charge in [-0.3, -0.25) is 4.79 Å². The summed E-state index contributed by atoms with van der Waals surface area (Å²) in [5.41, 5.74) is 1.78. The van der Waals surface area contributed by atoms with E-state index in [1.54, 1.807) is 53.3 Å². The van der Waals surface area contributed by atoms with Gasteiger partial charge in [0.25, 0.3) is 5.91 Å². The fourth-order valence-electron chi connectivity index (χ4n) is 2.53. The number of carbonyl (C=O) groups excluding carboxylic acids is 2. The Morgan fingerprint density at radius 3 is 2.11 bits per heavy atom. The lowest BCUT2D eigenvalue weighted by atomic mass is 10.2. The smallest absolute Gasteiger partial charge is 0.308 e. The first-order chi connectivity index (χ1) is 13.0. The van der Waals surface area contributed by atoms with E-state index in [9.17, 15) is 9.59 Å². The Balaban J connectivity index is 1.60. The van der Waals surface area contributed by atoms with Gasteiger partial charge in [0, 0.05) is 29.0 Å². The fourth-order valence-corrected chi connectivity index (χ4v) is 2.53. The molecule has 0 unspecified atom stereocenters. The summed E-state index contributed by atoms with van der Waals surface area (Å²) >= 11 is 0. The van der Waals surface area contributed by atoms with Crippen molar-refractivity contribution in [2.45, 2.75) is 19.9 Å². The highest BCUT2D eigenvalue weighted by Gasteiger charge is 2.11. The second-order valence-electron chi connectivity index (χ2n) is 6.23. The number of anilines is 3. The first-order valence-electron chi connectivity index (χ1n) is 8.61. The molecule has 7 heteroatoms. The molecule has 3 rings (SSSR count). The van der Waals surface area contributed by atoms with Crippen molar-refractivity contribution in [2.75, 3.05) is 16.0 Å². The zero-order valence-corrected chi connectivity index (χ0v) is 15.1. The van der Waals surface area contributed by atoms with Crippen LogP contribution < -0.4 is 16.0 Å². The maximum Gasteiger partial charge on any atom is 0.323 e. The van der Waals surface area contributed by atoms with Gasteiger partial charge in [-0.1, -0.05) is 18.2 Å². The molecular formula is C20H21N5O2. The predicted molar refractivity (Wildman–Crippen MR) is 106 cm³/mol. The van der Waals surface area contributed by atoms with Crippen LogP contribution in [0, 0.1) is 0 Å². The Hall–Kier alpha value is -3.61. The van der Waals surface area contributed by atoms with E-state index in [-0.39, 0.29) is 18.0 Å². The Labute approximate surface area is 157 Å². The Morgan fingerprint density at radius 2 is 1.48 bits per heavy atom. The second kappa shape index (κ2) is 8.18. The van der Waals surface area contributed by atoms with Gasteiger partial charge in [0.2, 0.25) is 0 Å². The van der Waals surface area contributed by atoms with Crippen molar-refractivity contribution in [1.29, 1.82) is 0 Å². The van der Waals surface area contributed by atoms with Gasteiger partial charge >= 0.3 is 6.03 Å². The zero-order valence-electron chi connectivity index (χ0n) is 15.1. The summed E-state index contributed by atoms with van der Waals surface area (Å²) in [6.45, 7) is 3.98. The minimum Gasteiger partial charge on any atom is -0.308 e. The van der Waals surface area contributed by atoms with Gasteiger partial charge < -0.3 is 16.0 Å². The van der Waals surface area contributed by atoms with E-state index in [0.29, 0.717) is 22.8 Å².